The summed E-state index contributed by atoms with van der Waals surface area (Å²) in [4.78, 5) is 21.2. The molecule has 74 valence electrons. The van der Waals surface area contributed by atoms with Crippen LogP contribution in [0.1, 0.15) is 20.8 Å². The molecule has 0 radical (unpaired) electrons. The molecule has 0 aromatic carbocycles. The van der Waals surface area contributed by atoms with Gasteiger partial charge in [0.1, 0.15) is 5.60 Å². The molecule has 0 heterocycles. The summed E-state index contributed by atoms with van der Waals surface area (Å²) in [6.07, 6.45) is -0.783. The minimum atomic E-state index is -1.20. The second-order valence-electron chi connectivity index (χ2n) is 3.54. The Morgan fingerprint density at radius 2 is 1.92 bits per heavy atom. The lowest BCUT2D eigenvalue weighted by Gasteiger charge is -2.19. The van der Waals surface area contributed by atoms with E-state index in [9.17, 15) is 9.59 Å². The zero-order valence-electron chi connectivity index (χ0n) is 7.96. The van der Waals surface area contributed by atoms with E-state index < -0.39 is 23.7 Å². The Kier molecular flexibility index (Phi) is 3.59. The average Bonchev–Trinajstić information content (AvgIpc) is 1.81. The Balaban J connectivity index is 3.96. The van der Waals surface area contributed by atoms with Crippen molar-refractivity contribution in [2.45, 2.75) is 32.4 Å². The molecular formula is C8H14NO4+. The number of carbonyl (C=O) groups is 2. The fourth-order valence-electron chi connectivity index (χ4n) is 0.512. The van der Waals surface area contributed by atoms with Crippen molar-refractivity contribution in [2.75, 3.05) is 0 Å². The summed E-state index contributed by atoms with van der Waals surface area (Å²) in [5.74, 6) is -1.20. The van der Waals surface area contributed by atoms with Crippen LogP contribution in [0, 0.1) is 6.92 Å². The molecule has 5 heteroatoms. The zero-order valence-corrected chi connectivity index (χ0v) is 7.96. The SMILES string of the molecule is [CH2+]C(NC(=O)OC(C)(C)C)C(=O)O. The van der Waals surface area contributed by atoms with Gasteiger partial charge in [0.15, 0.2) is 0 Å². The highest BCUT2D eigenvalue weighted by Crippen LogP contribution is 2.06. The number of ether oxygens (including phenoxy) is 1. The van der Waals surface area contributed by atoms with Crippen LogP contribution in [-0.2, 0) is 9.53 Å². The lowest BCUT2D eigenvalue weighted by atomic mass is 10.2. The van der Waals surface area contributed by atoms with E-state index in [1.54, 1.807) is 20.8 Å². The van der Waals surface area contributed by atoms with Crippen LogP contribution < -0.4 is 5.32 Å². The predicted molar refractivity (Wildman–Crippen MR) is 46.2 cm³/mol. The molecule has 13 heavy (non-hydrogen) atoms. The van der Waals surface area contributed by atoms with Gasteiger partial charge in [-0.2, -0.15) is 0 Å². The molecule has 0 bridgehead atoms. The Morgan fingerprint density at radius 3 is 2.23 bits per heavy atom. The van der Waals surface area contributed by atoms with Crippen molar-refractivity contribution in [3.05, 3.63) is 6.92 Å². The number of alkyl carbamates (subject to hydrolysis) is 1. The van der Waals surface area contributed by atoms with Crippen molar-refractivity contribution in [3.63, 3.8) is 0 Å². The molecule has 2 N–H and O–H groups in total. The first-order chi connectivity index (χ1) is 5.72. The van der Waals surface area contributed by atoms with Gasteiger partial charge in [-0.3, -0.25) is 5.32 Å². The average molecular weight is 188 g/mol. The van der Waals surface area contributed by atoms with E-state index in [2.05, 4.69) is 12.2 Å². The van der Waals surface area contributed by atoms with Gasteiger partial charge in [0.2, 0.25) is 0 Å². The van der Waals surface area contributed by atoms with Gasteiger partial charge in [-0.15, -0.1) is 0 Å². The molecule has 0 aliphatic heterocycles. The lowest BCUT2D eigenvalue weighted by molar-refractivity contribution is -0.138. The Labute approximate surface area is 77.1 Å². The van der Waals surface area contributed by atoms with Crippen molar-refractivity contribution in [1.82, 2.24) is 5.32 Å². The summed E-state index contributed by atoms with van der Waals surface area (Å²) in [5.41, 5.74) is -0.637. The first kappa shape index (κ1) is 11.6. The van der Waals surface area contributed by atoms with E-state index in [0.29, 0.717) is 0 Å². The molecule has 0 aromatic rings. The number of amides is 1. The zero-order chi connectivity index (χ0) is 10.6. The van der Waals surface area contributed by atoms with Crippen molar-refractivity contribution in [3.8, 4) is 0 Å². The van der Waals surface area contributed by atoms with Gasteiger partial charge < -0.3 is 9.84 Å². The summed E-state index contributed by atoms with van der Waals surface area (Å²) >= 11 is 0. The Hall–Kier alpha value is -1.39. The van der Waals surface area contributed by atoms with Crippen LogP contribution >= 0.6 is 0 Å². The van der Waals surface area contributed by atoms with E-state index in [1.165, 1.54) is 0 Å². The van der Waals surface area contributed by atoms with Gasteiger partial charge in [-0.05, 0) is 20.8 Å². The summed E-state index contributed by atoms with van der Waals surface area (Å²) in [6.45, 7) is 8.25. The van der Waals surface area contributed by atoms with E-state index >= 15 is 0 Å². The van der Waals surface area contributed by atoms with Crippen LogP contribution in [0.2, 0.25) is 0 Å². The number of hydrogen-bond donors (Lipinski definition) is 2. The highest BCUT2D eigenvalue weighted by atomic mass is 16.6. The van der Waals surface area contributed by atoms with E-state index in [1.807, 2.05) is 0 Å². The number of rotatable bonds is 2. The quantitative estimate of drug-likeness (QED) is 0.628. The highest BCUT2D eigenvalue weighted by molar-refractivity contribution is 5.80. The van der Waals surface area contributed by atoms with Crippen LogP contribution in [0.5, 0.6) is 0 Å². The topological polar surface area (TPSA) is 75.6 Å². The maximum absolute atomic E-state index is 10.9. The van der Waals surface area contributed by atoms with Gasteiger partial charge in [0, 0.05) is 0 Å². The van der Waals surface area contributed by atoms with Crippen LogP contribution in [0.4, 0.5) is 4.79 Å². The first-order valence-electron chi connectivity index (χ1n) is 3.78. The van der Waals surface area contributed by atoms with Crippen molar-refractivity contribution < 1.29 is 19.4 Å². The number of aliphatic carboxylic acids is 1. The molecule has 0 saturated heterocycles. The van der Waals surface area contributed by atoms with Gasteiger partial charge in [0.05, 0.1) is 6.92 Å². The molecular weight excluding hydrogens is 174 g/mol. The van der Waals surface area contributed by atoms with Crippen LogP contribution in [0.3, 0.4) is 0 Å². The number of carboxylic acid groups (broad SMARTS) is 1. The van der Waals surface area contributed by atoms with Gasteiger partial charge in [-0.25, -0.2) is 9.59 Å². The monoisotopic (exact) mass is 188 g/mol. The molecule has 0 aliphatic rings. The summed E-state index contributed by atoms with van der Waals surface area (Å²) < 4.78 is 4.81. The number of carboxylic acids is 1. The van der Waals surface area contributed by atoms with E-state index in [4.69, 9.17) is 9.84 Å². The third-order valence-electron chi connectivity index (χ3n) is 0.989. The van der Waals surface area contributed by atoms with Crippen molar-refractivity contribution in [1.29, 1.82) is 0 Å². The third kappa shape index (κ3) is 5.84. The summed E-state index contributed by atoms with van der Waals surface area (Å²) in [5, 5.41) is 10.5. The molecule has 1 amide bonds. The summed E-state index contributed by atoms with van der Waals surface area (Å²) in [6, 6.07) is -1.19. The van der Waals surface area contributed by atoms with Gasteiger partial charge in [0.25, 0.3) is 6.04 Å². The molecule has 0 saturated carbocycles. The Morgan fingerprint density at radius 1 is 1.46 bits per heavy atom. The largest absolute Gasteiger partial charge is 0.476 e. The molecule has 0 spiro atoms. The maximum atomic E-state index is 10.9. The second kappa shape index (κ2) is 4.02. The smallest absolute Gasteiger partial charge is 0.411 e. The van der Waals surface area contributed by atoms with Crippen LogP contribution in [0.15, 0.2) is 0 Å². The van der Waals surface area contributed by atoms with Crippen LogP contribution in [0.25, 0.3) is 0 Å². The first-order valence-corrected chi connectivity index (χ1v) is 3.78. The van der Waals surface area contributed by atoms with Crippen molar-refractivity contribution >= 4 is 12.1 Å². The van der Waals surface area contributed by atoms with Crippen LogP contribution in [-0.4, -0.2) is 28.8 Å². The standard InChI is InChI=1S/C8H13NO4/c1-5(6(10)11)9-7(12)13-8(2,3)4/h5H,1H2,2-4H3,(H-,9,10,11,12)/p+1. The maximum Gasteiger partial charge on any atom is 0.411 e. The minimum absolute atomic E-state index is 0.637. The highest BCUT2D eigenvalue weighted by Gasteiger charge is 2.24. The third-order valence-corrected chi connectivity index (χ3v) is 0.989. The molecule has 0 aromatic heterocycles. The predicted octanol–water partition coefficient (Wildman–Crippen LogP) is 0.798. The van der Waals surface area contributed by atoms with E-state index in [-0.39, 0.29) is 0 Å². The fourth-order valence-corrected chi connectivity index (χ4v) is 0.512. The fraction of sp³-hybridized carbons (Fsp3) is 0.625. The Bertz CT molecular complexity index is 207. The van der Waals surface area contributed by atoms with Gasteiger partial charge in [-0.1, -0.05) is 0 Å². The number of nitrogens with one attached hydrogen (secondary N) is 1. The number of hydrogen-bond acceptors (Lipinski definition) is 3. The molecule has 0 fully saturated rings. The van der Waals surface area contributed by atoms with Gasteiger partial charge >= 0.3 is 12.1 Å². The minimum Gasteiger partial charge on any atom is -0.476 e. The normalized spacial score (nSPS) is 13.2. The van der Waals surface area contributed by atoms with Crippen molar-refractivity contribution in [2.24, 2.45) is 0 Å². The molecule has 0 aliphatic carbocycles. The molecule has 1 atom stereocenters. The molecule has 0 rings (SSSR count). The molecule has 5 nitrogen and oxygen atoms in total. The number of carbonyl (C=O) groups excluding carboxylic acids is 1. The molecule has 1 unspecified atom stereocenters. The van der Waals surface area contributed by atoms with E-state index in [0.717, 1.165) is 0 Å². The summed E-state index contributed by atoms with van der Waals surface area (Å²) in [7, 11) is 0. The lowest BCUT2D eigenvalue weighted by Crippen LogP contribution is -2.41. The second-order valence-corrected chi connectivity index (χ2v) is 3.54.